The highest BCUT2D eigenvalue weighted by molar-refractivity contribution is 7.99. The molecule has 0 atom stereocenters. The van der Waals surface area contributed by atoms with Gasteiger partial charge in [0.25, 0.3) is 5.22 Å². The molecule has 0 spiro atoms. The summed E-state index contributed by atoms with van der Waals surface area (Å²) < 4.78 is 5.34. The molecule has 2 aromatic rings. The molecule has 6 nitrogen and oxygen atoms in total. The molecule has 1 fully saturated rings. The number of rotatable bonds is 3. The van der Waals surface area contributed by atoms with Gasteiger partial charge in [-0.05, 0) is 31.5 Å². The molecule has 2 heterocycles. The molecule has 3 rings (SSSR count). The van der Waals surface area contributed by atoms with Crippen molar-refractivity contribution in [2.24, 2.45) is 0 Å². The number of anilines is 1. The number of hydrogen-bond donors (Lipinski definition) is 1. The van der Waals surface area contributed by atoms with Crippen LogP contribution in [0.2, 0.25) is 0 Å². The van der Waals surface area contributed by atoms with Crippen molar-refractivity contribution >= 4 is 17.6 Å². The van der Waals surface area contributed by atoms with E-state index in [1.807, 2.05) is 6.92 Å². The summed E-state index contributed by atoms with van der Waals surface area (Å²) in [6.07, 6.45) is 2.29. The molecule has 0 radical (unpaired) electrons. The highest BCUT2D eigenvalue weighted by Crippen LogP contribution is 2.40. The molecule has 0 aliphatic heterocycles. The zero-order valence-corrected chi connectivity index (χ0v) is 11.0. The van der Waals surface area contributed by atoms with Crippen molar-refractivity contribution in [3.05, 3.63) is 17.3 Å². The first-order valence-electron chi connectivity index (χ1n) is 5.75. The van der Waals surface area contributed by atoms with E-state index >= 15 is 0 Å². The van der Waals surface area contributed by atoms with Gasteiger partial charge in [-0.3, -0.25) is 0 Å². The molecule has 2 aromatic heterocycles. The maximum Gasteiger partial charge on any atom is 0.282 e. The summed E-state index contributed by atoms with van der Waals surface area (Å²) >= 11 is 1.34. The van der Waals surface area contributed by atoms with Crippen molar-refractivity contribution in [3.63, 3.8) is 0 Å². The molecular formula is C11H13N5OS. The van der Waals surface area contributed by atoms with E-state index in [1.54, 1.807) is 6.92 Å². The van der Waals surface area contributed by atoms with Crippen LogP contribution in [0.25, 0.3) is 0 Å². The van der Waals surface area contributed by atoms with Crippen LogP contribution in [0.15, 0.2) is 14.7 Å². The number of nitrogens with two attached hydrogens (primary N) is 1. The minimum absolute atomic E-state index is 0.469. The average molecular weight is 263 g/mol. The Morgan fingerprint density at radius 3 is 2.61 bits per heavy atom. The Balaban J connectivity index is 1.94. The second-order valence-corrected chi connectivity index (χ2v) is 5.30. The van der Waals surface area contributed by atoms with Gasteiger partial charge in [-0.25, -0.2) is 9.97 Å². The van der Waals surface area contributed by atoms with Crippen molar-refractivity contribution < 1.29 is 4.42 Å². The van der Waals surface area contributed by atoms with Crippen LogP contribution in [0, 0.1) is 13.8 Å². The third-order valence-corrected chi connectivity index (χ3v) is 3.72. The molecule has 7 heteroatoms. The van der Waals surface area contributed by atoms with E-state index in [0.29, 0.717) is 22.8 Å². The standard InChI is InChI=1S/C11H13N5OS/c1-5-8(12)13-9(7-3-4-7)14-10(5)18-11-16-15-6(2)17-11/h7H,3-4H2,1-2H3,(H2,12,13,14). The molecule has 0 aromatic carbocycles. The summed E-state index contributed by atoms with van der Waals surface area (Å²) in [4.78, 5) is 8.87. The Hall–Kier alpha value is -1.63. The highest BCUT2D eigenvalue weighted by Gasteiger charge is 2.28. The molecule has 94 valence electrons. The van der Waals surface area contributed by atoms with Crippen LogP contribution in [-0.2, 0) is 0 Å². The third kappa shape index (κ3) is 2.17. The molecule has 0 amide bonds. The maximum atomic E-state index is 5.91. The normalized spacial score (nSPS) is 15.0. The number of nitrogen functional groups attached to an aromatic ring is 1. The Bertz CT molecular complexity index is 593. The fourth-order valence-corrected chi connectivity index (χ4v) is 2.36. The van der Waals surface area contributed by atoms with E-state index in [9.17, 15) is 0 Å². The predicted molar refractivity (Wildman–Crippen MR) is 66.3 cm³/mol. The summed E-state index contributed by atoms with van der Waals surface area (Å²) in [7, 11) is 0. The van der Waals surface area contributed by atoms with Crippen LogP contribution < -0.4 is 5.73 Å². The summed E-state index contributed by atoms with van der Waals surface area (Å²) in [5.74, 6) is 2.37. The van der Waals surface area contributed by atoms with E-state index in [1.165, 1.54) is 11.8 Å². The number of hydrogen-bond acceptors (Lipinski definition) is 7. The highest BCUT2D eigenvalue weighted by atomic mass is 32.2. The second-order valence-electron chi connectivity index (χ2n) is 4.36. The summed E-state index contributed by atoms with van der Waals surface area (Å²) in [6.45, 7) is 3.66. The summed E-state index contributed by atoms with van der Waals surface area (Å²) in [6, 6.07) is 0. The van der Waals surface area contributed by atoms with Gasteiger partial charge < -0.3 is 10.2 Å². The van der Waals surface area contributed by atoms with Gasteiger partial charge in [-0.2, -0.15) is 0 Å². The van der Waals surface area contributed by atoms with Crippen molar-refractivity contribution in [1.29, 1.82) is 0 Å². The lowest BCUT2D eigenvalue weighted by atomic mass is 10.3. The van der Waals surface area contributed by atoms with Gasteiger partial charge in [-0.1, -0.05) is 0 Å². The van der Waals surface area contributed by atoms with Gasteiger partial charge in [-0.15, -0.1) is 10.2 Å². The van der Waals surface area contributed by atoms with Crippen molar-refractivity contribution in [1.82, 2.24) is 20.2 Å². The first-order valence-corrected chi connectivity index (χ1v) is 6.57. The van der Waals surface area contributed by atoms with Gasteiger partial charge in [0.2, 0.25) is 5.89 Å². The predicted octanol–water partition coefficient (Wildman–Crippen LogP) is 2.09. The second kappa shape index (κ2) is 4.24. The summed E-state index contributed by atoms with van der Waals surface area (Å²) in [5.41, 5.74) is 6.78. The van der Waals surface area contributed by atoms with Crippen LogP contribution in [0.4, 0.5) is 5.82 Å². The van der Waals surface area contributed by atoms with Crippen LogP contribution in [0.5, 0.6) is 0 Å². The van der Waals surface area contributed by atoms with Crippen LogP contribution in [0.1, 0.15) is 36.0 Å². The molecule has 1 saturated carbocycles. The molecule has 0 saturated heterocycles. The van der Waals surface area contributed by atoms with Crippen molar-refractivity contribution in [2.75, 3.05) is 5.73 Å². The number of aryl methyl sites for hydroxylation is 1. The number of aromatic nitrogens is 4. The third-order valence-electron chi connectivity index (χ3n) is 2.79. The molecule has 18 heavy (non-hydrogen) atoms. The van der Waals surface area contributed by atoms with Gasteiger partial charge in [0.1, 0.15) is 16.7 Å². The first-order chi connectivity index (χ1) is 8.63. The van der Waals surface area contributed by atoms with Gasteiger partial charge in [0.15, 0.2) is 0 Å². The zero-order chi connectivity index (χ0) is 12.7. The van der Waals surface area contributed by atoms with Crippen molar-refractivity contribution in [3.8, 4) is 0 Å². The summed E-state index contributed by atoms with van der Waals surface area (Å²) in [5, 5.41) is 9.02. The largest absolute Gasteiger partial charge is 0.416 e. The van der Waals surface area contributed by atoms with Crippen molar-refractivity contribution in [2.45, 2.75) is 42.9 Å². The first kappa shape index (κ1) is 11.5. The molecule has 0 unspecified atom stereocenters. The number of nitrogens with zero attached hydrogens (tertiary/aromatic N) is 4. The molecule has 1 aliphatic carbocycles. The molecular weight excluding hydrogens is 250 g/mol. The SMILES string of the molecule is Cc1nnc(Sc2nc(C3CC3)nc(N)c2C)o1. The quantitative estimate of drug-likeness (QED) is 0.848. The van der Waals surface area contributed by atoms with E-state index in [-0.39, 0.29) is 0 Å². The van der Waals surface area contributed by atoms with E-state index < -0.39 is 0 Å². The van der Waals surface area contributed by atoms with Crippen LogP contribution in [-0.4, -0.2) is 20.2 Å². The van der Waals surface area contributed by atoms with Crippen LogP contribution >= 0.6 is 11.8 Å². The Morgan fingerprint density at radius 1 is 1.22 bits per heavy atom. The maximum absolute atomic E-state index is 5.91. The molecule has 2 N–H and O–H groups in total. The Labute approximate surface area is 108 Å². The topological polar surface area (TPSA) is 90.7 Å². The van der Waals surface area contributed by atoms with Crippen LogP contribution in [0.3, 0.4) is 0 Å². The minimum atomic E-state index is 0.469. The van der Waals surface area contributed by atoms with Gasteiger partial charge in [0, 0.05) is 18.4 Å². The Morgan fingerprint density at radius 2 is 2.00 bits per heavy atom. The molecule has 1 aliphatic rings. The average Bonchev–Trinajstić information content (AvgIpc) is 3.10. The monoisotopic (exact) mass is 263 g/mol. The smallest absolute Gasteiger partial charge is 0.282 e. The lowest BCUT2D eigenvalue weighted by Gasteiger charge is -2.07. The Kier molecular flexibility index (Phi) is 2.70. The fourth-order valence-electron chi connectivity index (χ4n) is 1.56. The van der Waals surface area contributed by atoms with Gasteiger partial charge >= 0.3 is 0 Å². The van der Waals surface area contributed by atoms with E-state index in [0.717, 1.165) is 29.3 Å². The lowest BCUT2D eigenvalue weighted by molar-refractivity contribution is 0.429. The minimum Gasteiger partial charge on any atom is -0.416 e. The van der Waals surface area contributed by atoms with E-state index in [2.05, 4.69) is 20.2 Å². The van der Waals surface area contributed by atoms with Gasteiger partial charge in [0.05, 0.1) is 0 Å². The molecule has 0 bridgehead atoms. The zero-order valence-electron chi connectivity index (χ0n) is 10.2. The lowest BCUT2D eigenvalue weighted by Crippen LogP contribution is -2.03. The van der Waals surface area contributed by atoms with E-state index in [4.69, 9.17) is 10.2 Å². The fraction of sp³-hybridized carbons (Fsp3) is 0.455.